The van der Waals surface area contributed by atoms with Crippen molar-refractivity contribution in [3.05, 3.63) is 65.7 Å². The van der Waals surface area contributed by atoms with Gasteiger partial charge in [-0.15, -0.1) is 11.3 Å². The number of alkyl halides is 2. The van der Waals surface area contributed by atoms with Gasteiger partial charge in [0.1, 0.15) is 0 Å². The molecule has 0 aliphatic carbocycles. The summed E-state index contributed by atoms with van der Waals surface area (Å²) in [7, 11) is -3.97. The Morgan fingerprint density at radius 1 is 1.14 bits per heavy atom. The molecule has 0 unspecified atom stereocenters. The Kier molecular flexibility index (Phi) is 6.27. The van der Waals surface area contributed by atoms with Crippen molar-refractivity contribution in [2.45, 2.75) is 15.5 Å². The van der Waals surface area contributed by atoms with Crippen LogP contribution in [-0.2, 0) is 10.0 Å². The Bertz CT molecular complexity index is 1060. The molecule has 6 nitrogen and oxygen atoms in total. The van der Waals surface area contributed by atoms with Gasteiger partial charge in [-0.05, 0) is 42.5 Å². The lowest BCUT2D eigenvalue weighted by atomic mass is 10.2. The number of amides is 1. The Hall–Kier alpha value is -2.50. The minimum Gasteiger partial charge on any atom is -0.298 e. The van der Waals surface area contributed by atoms with Gasteiger partial charge in [0.2, 0.25) is 0 Å². The largest absolute Gasteiger partial charge is 0.298 e. The van der Waals surface area contributed by atoms with E-state index in [1.54, 1.807) is 5.38 Å². The minimum absolute atomic E-state index is 0.106. The van der Waals surface area contributed by atoms with Crippen molar-refractivity contribution >= 4 is 49.8 Å². The second-order valence-corrected chi connectivity index (χ2v) is 8.97. The number of nitrogens with one attached hydrogen (secondary N) is 2. The molecule has 0 aliphatic rings. The molecule has 0 fully saturated rings. The first kappa shape index (κ1) is 20.2. The Morgan fingerprint density at radius 2 is 1.89 bits per heavy atom. The molecule has 0 bridgehead atoms. The fourth-order valence-corrected chi connectivity index (χ4v) is 4.30. The molecule has 146 valence electrons. The summed E-state index contributed by atoms with van der Waals surface area (Å²) in [4.78, 5) is 16.4. The summed E-state index contributed by atoms with van der Waals surface area (Å²) in [5.74, 6) is -3.04. The van der Waals surface area contributed by atoms with Gasteiger partial charge in [0.25, 0.3) is 21.7 Å². The van der Waals surface area contributed by atoms with Crippen molar-refractivity contribution in [3.8, 4) is 0 Å². The van der Waals surface area contributed by atoms with E-state index in [0.717, 1.165) is 0 Å². The molecule has 11 heteroatoms. The van der Waals surface area contributed by atoms with Crippen LogP contribution >= 0.6 is 23.1 Å². The fourth-order valence-electron chi connectivity index (χ4n) is 2.18. The number of anilines is 2. The summed E-state index contributed by atoms with van der Waals surface area (Å²) in [6.07, 6.45) is 1.54. The number of rotatable bonds is 7. The molecule has 0 aliphatic heterocycles. The van der Waals surface area contributed by atoms with E-state index in [9.17, 15) is 22.0 Å². The molecule has 2 aromatic carbocycles. The smallest absolute Gasteiger partial charge is 0.288 e. The highest BCUT2D eigenvalue weighted by Crippen LogP contribution is 2.27. The van der Waals surface area contributed by atoms with Crippen LogP contribution in [0.25, 0.3) is 0 Å². The van der Waals surface area contributed by atoms with Crippen molar-refractivity contribution in [1.82, 2.24) is 4.98 Å². The second-order valence-electron chi connectivity index (χ2n) is 5.33. The Morgan fingerprint density at radius 3 is 2.54 bits per heavy atom. The number of benzene rings is 2. The SMILES string of the molecule is O=C(Nc1nccs1)c1cccc(S(=O)(=O)Nc2ccc(SC(F)F)cc2)c1. The van der Waals surface area contributed by atoms with E-state index in [0.29, 0.717) is 21.8 Å². The summed E-state index contributed by atoms with van der Waals surface area (Å²) in [6, 6.07) is 11.1. The van der Waals surface area contributed by atoms with E-state index in [4.69, 9.17) is 0 Å². The van der Waals surface area contributed by atoms with Crippen LogP contribution in [0.5, 0.6) is 0 Å². The van der Waals surface area contributed by atoms with Gasteiger partial charge < -0.3 is 0 Å². The van der Waals surface area contributed by atoms with Crippen LogP contribution in [0.1, 0.15) is 10.4 Å². The zero-order valence-corrected chi connectivity index (χ0v) is 16.5. The number of sulfonamides is 1. The van der Waals surface area contributed by atoms with E-state index >= 15 is 0 Å². The van der Waals surface area contributed by atoms with Crippen LogP contribution in [0.3, 0.4) is 0 Å². The van der Waals surface area contributed by atoms with Crippen molar-refractivity contribution in [2.75, 3.05) is 10.0 Å². The second kappa shape index (κ2) is 8.67. The lowest BCUT2D eigenvalue weighted by molar-refractivity contribution is 0.102. The fraction of sp³-hybridized carbons (Fsp3) is 0.0588. The number of halogens is 2. The first-order chi connectivity index (χ1) is 13.3. The number of aromatic nitrogens is 1. The highest BCUT2D eigenvalue weighted by Gasteiger charge is 2.17. The molecule has 3 aromatic rings. The van der Waals surface area contributed by atoms with Crippen LogP contribution in [0.4, 0.5) is 19.6 Å². The molecule has 0 atom stereocenters. The van der Waals surface area contributed by atoms with Crippen LogP contribution in [-0.4, -0.2) is 25.1 Å². The van der Waals surface area contributed by atoms with Crippen LogP contribution in [0, 0.1) is 0 Å². The summed E-state index contributed by atoms with van der Waals surface area (Å²) in [5, 5.41) is 4.68. The van der Waals surface area contributed by atoms with Crippen molar-refractivity contribution in [1.29, 1.82) is 0 Å². The summed E-state index contributed by atoms with van der Waals surface area (Å²) < 4.78 is 52.2. The zero-order chi connectivity index (χ0) is 20.1. The molecule has 3 rings (SSSR count). The molecule has 2 N–H and O–H groups in total. The maximum Gasteiger partial charge on any atom is 0.288 e. The van der Waals surface area contributed by atoms with Gasteiger partial charge >= 0.3 is 0 Å². The van der Waals surface area contributed by atoms with Gasteiger partial charge in [0.15, 0.2) is 5.13 Å². The first-order valence-corrected chi connectivity index (χ1v) is 11.0. The Balaban J connectivity index is 1.75. The minimum atomic E-state index is -3.97. The van der Waals surface area contributed by atoms with E-state index in [2.05, 4.69) is 15.0 Å². The molecule has 1 aromatic heterocycles. The van der Waals surface area contributed by atoms with Crippen molar-refractivity contribution in [2.24, 2.45) is 0 Å². The topological polar surface area (TPSA) is 88.2 Å². The van der Waals surface area contributed by atoms with Crippen LogP contribution in [0.15, 0.2) is 69.9 Å². The Labute approximate surface area is 168 Å². The van der Waals surface area contributed by atoms with Gasteiger partial charge in [0.05, 0.1) is 4.90 Å². The van der Waals surface area contributed by atoms with E-state index in [-0.39, 0.29) is 16.1 Å². The lowest BCUT2D eigenvalue weighted by Gasteiger charge is -2.10. The quantitative estimate of drug-likeness (QED) is 0.527. The van der Waals surface area contributed by atoms with Gasteiger partial charge in [-0.3, -0.25) is 14.8 Å². The average Bonchev–Trinajstić information content (AvgIpc) is 3.16. The molecular weight excluding hydrogens is 428 g/mol. The first-order valence-electron chi connectivity index (χ1n) is 7.72. The number of thioether (sulfide) groups is 1. The number of thiazole rings is 1. The standard InChI is InChI=1S/C17H13F2N3O3S3/c18-16(19)27-13-6-4-12(5-7-13)22-28(24,25)14-3-1-2-11(10-14)15(23)21-17-20-8-9-26-17/h1-10,16,22H,(H,20,21,23). The number of carbonyl (C=O) groups excluding carboxylic acids is 1. The van der Waals surface area contributed by atoms with Gasteiger partial charge in [0, 0.05) is 27.7 Å². The normalized spacial score (nSPS) is 11.4. The predicted octanol–water partition coefficient (Wildman–Crippen LogP) is 4.51. The molecule has 0 spiro atoms. The average molecular weight is 442 g/mol. The molecule has 1 heterocycles. The highest BCUT2D eigenvalue weighted by atomic mass is 32.2. The van der Waals surface area contributed by atoms with Crippen molar-refractivity contribution in [3.63, 3.8) is 0 Å². The third kappa shape index (κ3) is 5.27. The third-order valence-electron chi connectivity index (χ3n) is 3.39. The van der Waals surface area contributed by atoms with Gasteiger partial charge in [-0.25, -0.2) is 13.4 Å². The van der Waals surface area contributed by atoms with Crippen molar-refractivity contribution < 1.29 is 22.0 Å². The monoisotopic (exact) mass is 441 g/mol. The molecule has 0 saturated heterocycles. The molecular formula is C17H13F2N3O3S3. The van der Waals surface area contributed by atoms with Crippen LogP contribution in [0.2, 0.25) is 0 Å². The summed E-state index contributed by atoms with van der Waals surface area (Å²) >= 11 is 1.61. The zero-order valence-electron chi connectivity index (χ0n) is 14.0. The summed E-state index contributed by atoms with van der Waals surface area (Å²) in [6.45, 7) is 0. The molecule has 0 radical (unpaired) electrons. The maximum absolute atomic E-state index is 12.6. The van der Waals surface area contributed by atoms with Crippen LogP contribution < -0.4 is 10.0 Å². The van der Waals surface area contributed by atoms with Gasteiger partial charge in [-0.2, -0.15) is 8.78 Å². The molecule has 0 saturated carbocycles. The van der Waals surface area contributed by atoms with E-state index in [1.807, 2.05) is 0 Å². The summed E-state index contributed by atoms with van der Waals surface area (Å²) in [5.41, 5.74) is 0.373. The van der Waals surface area contributed by atoms with E-state index in [1.165, 1.54) is 66.1 Å². The number of hydrogen-bond donors (Lipinski definition) is 2. The third-order valence-corrected chi connectivity index (χ3v) is 6.18. The van der Waals surface area contributed by atoms with E-state index < -0.39 is 21.7 Å². The number of hydrogen-bond acceptors (Lipinski definition) is 6. The molecule has 1 amide bonds. The predicted molar refractivity (Wildman–Crippen MR) is 106 cm³/mol. The molecule has 28 heavy (non-hydrogen) atoms. The number of nitrogens with zero attached hydrogens (tertiary/aromatic N) is 1. The maximum atomic E-state index is 12.6. The van der Waals surface area contributed by atoms with Gasteiger partial charge in [-0.1, -0.05) is 17.8 Å². The number of carbonyl (C=O) groups is 1. The lowest BCUT2D eigenvalue weighted by Crippen LogP contribution is -2.15. The highest BCUT2D eigenvalue weighted by molar-refractivity contribution is 7.99.